The molecular weight excluding hydrogens is 258 g/mol. The average molecular weight is 273 g/mol. The Labute approximate surface area is 115 Å². The Morgan fingerprint density at radius 3 is 2.30 bits per heavy atom. The van der Waals surface area contributed by atoms with Gasteiger partial charge in [-0.05, 0) is 24.4 Å². The lowest BCUT2D eigenvalue weighted by molar-refractivity contribution is 0.0699. The highest BCUT2D eigenvalue weighted by molar-refractivity contribution is 6.14. The van der Waals surface area contributed by atoms with Crippen LogP contribution in [0.3, 0.4) is 0 Å². The Balaban J connectivity index is 2.58. The topological polar surface area (TPSA) is 86.6 Å². The van der Waals surface area contributed by atoms with Crippen molar-refractivity contribution in [3.05, 3.63) is 47.5 Å². The lowest BCUT2D eigenvalue weighted by atomic mass is 9.98. The second-order valence-corrected chi connectivity index (χ2v) is 4.57. The van der Waals surface area contributed by atoms with Crippen molar-refractivity contribution in [2.45, 2.75) is 13.0 Å². The summed E-state index contributed by atoms with van der Waals surface area (Å²) >= 11 is 0. The molecule has 2 aromatic rings. The Bertz CT molecular complexity index is 661. The summed E-state index contributed by atoms with van der Waals surface area (Å²) in [5, 5.41) is 21.9. The molecule has 2 aromatic carbocycles. The van der Waals surface area contributed by atoms with Gasteiger partial charge in [-0.15, -0.1) is 0 Å². The van der Waals surface area contributed by atoms with E-state index < -0.39 is 17.9 Å². The molecule has 5 nitrogen and oxygen atoms in total. The van der Waals surface area contributed by atoms with Gasteiger partial charge in [-0.25, -0.2) is 4.79 Å². The first-order valence-corrected chi connectivity index (χ1v) is 6.21. The summed E-state index contributed by atoms with van der Waals surface area (Å²) in [5.41, 5.74) is 0.380. The molecule has 104 valence electrons. The van der Waals surface area contributed by atoms with E-state index in [-0.39, 0.29) is 12.2 Å². The average Bonchev–Trinajstić information content (AvgIpc) is 2.45. The number of benzene rings is 2. The van der Waals surface area contributed by atoms with E-state index in [1.54, 1.807) is 37.3 Å². The largest absolute Gasteiger partial charge is 0.478 e. The number of aromatic carboxylic acids is 1. The highest BCUT2D eigenvalue weighted by Gasteiger charge is 2.17. The third kappa shape index (κ3) is 2.62. The zero-order valence-corrected chi connectivity index (χ0v) is 11.0. The number of aliphatic hydroxyl groups is 1. The SMILES string of the molecule is CC(CO)NC(=O)c1cccc2cccc(C(=O)O)c12. The molecule has 20 heavy (non-hydrogen) atoms. The summed E-state index contributed by atoms with van der Waals surface area (Å²) < 4.78 is 0. The van der Waals surface area contributed by atoms with E-state index >= 15 is 0 Å². The molecule has 0 radical (unpaired) electrons. The molecule has 0 bridgehead atoms. The van der Waals surface area contributed by atoms with Gasteiger partial charge in [0.2, 0.25) is 0 Å². The standard InChI is InChI=1S/C15H15NO4/c1-9(8-17)16-14(18)11-6-2-4-10-5-3-7-12(13(10)11)15(19)20/h2-7,9,17H,8H2,1H3,(H,16,18)(H,19,20). The number of hydrogen-bond donors (Lipinski definition) is 3. The quantitative estimate of drug-likeness (QED) is 0.790. The van der Waals surface area contributed by atoms with E-state index in [1.165, 1.54) is 6.07 Å². The molecule has 0 fully saturated rings. The first-order chi connectivity index (χ1) is 9.54. The number of rotatable bonds is 4. The maximum Gasteiger partial charge on any atom is 0.336 e. The smallest absolute Gasteiger partial charge is 0.336 e. The van der Waals surface area contributed by atoms with Crippen LogP contribution in [0.25, 0.3) is 10.8 Å². The molecule has 1 unspecified atom stereocenters. The van der Waals surface area contributed by atoms with Crippen LogP contribution in [0, 0.1) is 0 Å². The maximum absolute atomic E-state index is 12.2. The minimum absolute atomic E-state index is 0.0879. The molecule has 0 saturated heterocycles. The van der Waals surface area contributed by atoms with Crippen molar-refractivity contribution in [1.29, 1.82) is 0 Å². The van der Waals surface area contributed by atoms with Gasteiger partial charge in [0.05, 0.1) is 12.2 Å². The molecule has 2 rings (SSSR count). The number of hydrogen-bond acceptors (Lipinski definition) is 3. The van der Waals surface area contributed by atoms with Gasteiger partial charge in [0, 0.05) is 17.0 Å². The lowest BCUT2D eigenvalue weighted by Gasteiger charge is -2.13. The number of fused-ring (bicyclic) bond motifs is 1. The predicted octanol–water partition coefficient (Wildman–Crippen LogP) is 1.65. The molecule has 0 saturated carbocycles. The minimum atomic E-state index is -1.08. The summed E-state index contributed by atoms with van der Waals surface area (Å²) in [5.74, 6) is -1.48. The Kier molecular flexibility index (Phi) is 4.00. The van der Waals surface area contributed by atoms with Crippen LogP contribution < -0.4 is 5.32 Å². The number of amides is 1. The first-order valence-electron chi connectivity index (χ1n) is 6.21. The number of carbonyl (C=O) groups excluding carboxylic acids is 1. The van der Waals surface area contributed by atoms with Crippen molar-refractivity contribution in [3.8, 4) is 0 Å². The maximum atomic E-state index is 12.2. The van der Waals surface area contributed by atoms with Crippen LogP contribution in [0.4, 0.5) is 0 Å². The number of aliphatic hydroxyl groups excluding tert-OH is 1. The van der Waals surface area contributed by atoms with Gasteiger partial charge in [-0.1, -0.05) is 24.3 Å². The van der Waals surface area contributed by atoms with Crippen LogP contribution >= 0.6 is 0 Å². The van der Waals surface area contributed by atoms with Crippen molar-refractivity contribution in [2.24, 2.45) is 0 Å². The summed E-state index contributed by atoms with van der Waals surface area (Å²) in [6.45, 7) is 1.49. The number of carboxylic acids is 1. The van der Waals surface area contributed by atoms with E-state index in [2.05, 4.69) is 5.32 Å². The van der Waals surface area contributed by atoms with Crippen molar-refractivity contribution in [1.82, 2.24) is 5.32 Å². The summed E-state index contributed by atoms with van der Waals surface area (Å²) in [4.78, 5) is 23.5. The van der Waals surface area contributed by atoms with Crippen LogP contribution in [-0.2, 0) is 0 Å². The fraction of sp³-hybridized carbons (Fsp3) is 0.200. The minimum Gasteiger partial charge on any atom is -0.478 e. The van der Waals surface area contributed by atoms with E-state index in [1.807, 2.05) is 0 Å². The molecule has 0 aliphatic carbocycles. The Hall–Kier alpha value is -2.40. The molecule has 0 aliphatic rings. The third-order valence-electron chi connectivity index (χ3n) is 3.03. The van der Waals surface area contributed by atoms with Crippen molar-refractivity contribution >= 4 is 22.6 Å². The Morgan fingerprint density at radius 2 is 1.75 bits per heavy atom. The van der Waals surface area contributed by atoms with E-state index in [0.29, 0.717) is 16.3 Å². The fourth-order valence-corrected chi connectivity index (χ4v) is 2.06. The summed E-state index contributed by atoms with van der Waals surface area (Å²) in [7, 11) is 0. The molecule has 3 N–H and O–H groups in total. The molecule has 0 spiro atoms. The van der Waals surface area contributed by atoms with Crippen molar-refractivity contribution in [2.75, 3.05) is 6.61 Å². The number of carbonyl (C=O) groups is 2. The second-order valence-electron chi connectivity index (χ2n) is 4.57. The number of nitrogens with one attached hydrogen (secondary N) is 1. The van der Waals surface area contributed by atoms with E-state index in [4.69, 9.17) is 5.11 Å². The summed E-state index contributed by atoms with van der Waals surface area (Å²) in [6.07, 6.45) is 0. The molecule has 1 amide bonds. The summed E-state index contributed by atoms with van der Waals surface area (Å²) in [6, 6.07) is 9.51. The first kappa shape index (κ1) is 14.0. The molecule has 5 heteroatoms. The van der Waals surface area contributed by atoms with Crippen LogP contribution in [-0.4, -0.2) is 34.7 Å². The van der Waals surface area contributed by atoms with Gasteiger partial charge < -0.3 is 15.5 Å². The molecule has 1 atom stereocenters. The van der Waals surface area contributed by atoms with Gasteiger partial charge in [0.15, 0.2) is 0 Å². The monoisotopic (exact) mass is 273 g/mol. The van der Waals surface area contributed by atoms with Crippen LogP contribution in [0.5, 0.6) is 0 Å². The van der Waals surface area contributed by atoms with Crippen LogP contribution in [0.2, 0.25) is 0 Å². The van der Waals surface area contributed by atoms with Crippen LogP contribution in [0.15, 0.2) is 36.4 Å². The fourth-order valence-electron chi connectivity index (χ4n) is 2.06. The van der Waals surface area contributed by atoms with Gasteiger partial charge in [-0.2, -0.15) is 0 Å². The van der Waals surface area contributed by atoms with E-state index in [9.17, 15) is 14.7 Å². The zero-order chi connectivity index (χ0) is 14.7. The zero-order valence-electron chi connectivity index (χ0n) is 11.0. The van der Waals surface area contributed by atoms with Crippen molar-refractivity contribution < 1.29 is 19.8 Å². The van der Waals surface area contributed by atoms with E-state index in [0.717, 1.165) is 0 Å². The van der Waals surface area contributed by atoms with Gasteiger partial charge in [0.25, 0.3) is 5.91 Å². The Morgan fingerprint density at radius 1 is 1.15 bits per heavy atom. The molecular formula is C15H15NO4. The van der Waals surface area contributed by atoms with Crippen molar-refractivity contribution in [3.63, 3.8) is 0 Å². The molecule has 0 aliphatic heterocycles. The highest BCUT2D eigenvalue weighted by atomic mass is 16.4. The van der Waals surface area contributed by atoms with Gasteiger partial charge in [-0.3, -0.25) is 4.79 Å². The molecule has 0 heterocycles. The number of carboxylic acid groups (broad SMARTS) is 1. The highest BCUT2D eigenvalue weighted by Crippen LogP contribution is 2.23. The van der Waals surface area contributed by atoms with Gasteiger partial charge >= 0.3 is 5.97 Å². The third-order valence-corrected chi connectivity index (χ3v) is 3.03. The molecule has 0 aromatic heterocycles. The second kappa shape index (κ2) is 5.71. The lowest BCUT2D eigenvalue weighted by Crippen LogP contribution is -2.35. The van der Waals surface area contributed by atoms with Gasteiger partial charge in [0.1, 0.15) is 0 Å². The normalized spacial score (nSPS) is 12.1. The predicted molar refractivity (Wildman–Crippen MR) is 74.9 cm³/mol. The van der Waals surface area contributed by atoms with Crippen LogP contribution in [0.1, 0.15) is 27.6 Å².